The highest BCUT2D eigenvalue weighted by atomic mass is 16.6. The van der Waals surface area contributed by atoms with Gasteiger partial charge in [0.05, 0.1) is 30.5 Å². The van der Waals surface area contributed by atoms with Gasteiger partial charge in [-0.2, -0.15) is 5.26 Å². The predicted molar refractivity (Wildman–Crippen MR) is 111 cm³/mol. The smallest absolute Gasteiger partial charge is 0.414 e. The van der Waals surface area contributed by atoms with Crippen LogP contribution in [0.4, 0.5) is 10.5 Å². The molecule has 2 saturated carbocycles. The van der Waals surface area contributed by atoms with Gasteiger partial charge < -0.3 is 9.47 Å². The second-order valence-corrected chi connectivity index (χ2v) is 9.47. The molecule has 9 heteroatoms. The fourth-order valence-corrected chi connectivity index (χ4v) is 5.06. The van der Waals surface area contributed by atoms with Crippen molar-refractivity contribution >= 4 is 17.7 Å². The summed E-state index contributed by atoms with van der Waals surface area (Å²) < 4.78 is 10.7. The van der Waals surface area contributed by atoms with E-state index in [0.29, 0.717) is 25.1 Å². The van der Waals surface area contributed by atoms with E-state index in [2.05, 4.69) is 16.1 Å². The predicted octanol–water partition coefficient (Wildman–Crippen LogP) is 4.08. The zero-order valence-electron chi connectivity index (χ0n) is 17.8. The molecule has 5 atom stereocenters. The maximum absolute atomic E-state index is 12.4. The van der Waals surface area contributed by atoms with E-state index in [0.717, 1.165) is 5.56 Å². The number of anilines is 1. The van der Waals surface area contributed by atoms with Crippen molar-refractivity contribution in [3.05, 3.63) is 40.3 Å². The first-order valence-electron chi connectivity index (χ1n) is 10.4. The van der Waals surface area contributed by atoms with Crippen LogP contribution in [-0.4, -0.2) is 36.9 Å². The van der Waals surface area contributed by atoms with Crippen LogP contribution >= 0.6 is 0 Å². The highest BCUT2D eigenvalue weighted by Crippen LogP contribution is 2.69. The summed E-state index contributed by atoms with van der Waals surface area (Å²) >= 11 is 0. The molecule has 1 amide bonds. The quantitative estimate of drug-likeness (QED) is 0.305. The van der Waals surface area contributed by atoms with Gasteiger partial charge in [0.1, 0.15) is 11.7 Å². The van der Waals surface area contributed by atoms with Gasteiger partial charge >= 0.3 is 12.1 Å². The third-order valence-electron chi connectivity index (χ3n) is 6.43. The maximum atomic E-state index is 12.4. The first kappa shape index (κ1) is 21.0. The third kappa shape index (κ3) is 3.68. The van der Waals surface area contributed by atoms with E-state index >= 15 is 0 Å². The average Bonchev–Trinajstić information content (AvgIpc) is 3.01. The largest absolute Gasteiger partial charge is 0.460 e. The van der Waals surface area contributed by atoms with Crippen molar-refractivity contribution in [2.75, 3.05) is 18.0 Å². The van der Waals surface area contributed by atoms with Crippen molar-refractivity contribution in [2.45, 2.75) is 50.7 Å². The number of nitrogens with zero attached hydrogens (tertiary/aromatic N) is 5. The van der Waals surface area contributed by atoms with Gasteiger partial charge in [-0.1, -0.05) is 17.2 Å². The lowest BCUT2D eigenvalue weighted by atomic mass is 9.85. The second kappa shape index (κ2) is 7.47. The number of hydrogen-bond acceptors (Lipinski definition) is 6. The minimum atomic E-state index is -0.577. The van der Waals surface area contributed by atoms with Crippen LogP contribution in [0.15, 0.2) is 29.4 Å². The topological polar surface area (TPSA) is 128 Å². The minimum absolute atomic E-state index is 0.0938. The molecule has 1 aliphatic heterocycles. The maximum Gasteiger partial charge on any atom is 0.414 e. The van der Waals surface area contributed by atoms with Gasteiger partial charge in [0.15, 0.2) is 0 Å². The number of rotatable bonds is 5. The Morgan fingerprint density at radius 2 is 2.00 bits per heavy atom. The summed E-state index contributed by atoms with van der Waals surface area (Å²) in [4.78, 5) is 28.7. The number of nitriles is 1. The van der Waals surface area contributed by atoms with E-state index in [1.807, 2.05) is 45.0 Å². The molecular weight excluding hydrogens is 398 g/mol. The lowest BCUT2D eigenvalue weighted by Gasteiger charge is -2.24. The molecule has 9 nitrogen and oxygen atoms in total. The van der Waals surface area contributed by atoms with Crippen LogP contribution in [0, 0.1) is 29.1 Å². The standard InChI is InChI=1S/C22H25N5O4/c1-21(2,3)31-19(28)13-8-17-18(9-13)22(17,12-23)14-4-6-15(7-5-14)27-11-16(10-25-26-24)30-20(27)29/h4-7,13,16-18H,8-11H2,1-3H3/t13?,16-,17-,18+,22?/m0/s1. The van der Waals surface area contributed by atoms with E-state index in [9.17, 15) is 14.9 Å². The highest BCUT2D eigenvalue weighted by Gasteiger charge is 2.70. The monoisotopic (exact) mass is 423 g/mol. The van der Waals surface area contributed by atoms with Crippen molar-refractivity contribution in [3.63, 3.8) is 0 Å². The summed E-state index contributed by atoms with van der Waals surface area (Å²) in [5, 5.41) is 13.4. The van der Waals surface area contributed by atoms with Crippen molar-refractivity contribution in [1.82, 2.24) is 0 Å². The summed E-state index contributed by atoms with van der Waals surface area (Å²) in [6.07, 6.45) is 0.369. The van der Waals surface area contributed by atoms with Crippen LogP contribution in [0.2, 0.25) is 0 Å². The number of amides is 1. The Labute approximate surface area is 180 Å². The van der Waals surface area contributed by atoms with Crippen molar-refractivity contribution in [1.29, 1.82) is 5.26 Å². The third-order valence-corrected chi connectivity index (χ3v) is 6.43. The fourth-order valence-electron chi connectivity index (χ4n) is 5.06. The fraction of sp³-hybridized carbons (Fsp3) is 0.591. The molecule has 162 valence electrons. The zero-order valence-corrected chi connectivity index (χ0v) is 17.8. The molecule has 1 aromatic carbocycles. The Hall–Kier alpha value is -3.24. The number of cyclic esters (lactones) is 1. The molecule has 1 saturated heterocycles. The van der Waals surface area contributed by atoms with Gasteiger partial charge in [0.2, 0.25) is 0 Å². The summed E-state index contributed by atoms with van der Waals surface area (Å²) in [5.74, 6) is -0.0382. The molecule has 31 heavy (non-hydrogen) atoms. The van der Waals surface area contributed by atoms with Crippen LogP contribution in [0.3, 0.4) is 0 Å². The molecule has 0 bridgehead atoms. The van der Waals surface area contributed by atoms with Gasteiger partial charge in [-0.05, 0) is 68.7 Å². The van der Waals surface area contributed by atoms with E-state index in [1.165, 1.54) is 4.90 Å². The molecule has 2 unspecified atom stereocenters. The summed E-state index contributed by atoms with van der Waals surface area (Å²) in [6.45, 7) is 5.98. The molecular formula is C22H25N5O4. The van der Waals surface area contributed by atoms with Crippen LogP contribution in [0.1, 0.15) is 39.2 Å². The number of carbonyl (C=O) groups excluding carboxylic acids is 2. The molecule has 2 aliphatic carbocycles. The Morgan fingerprint density at radius 1 is 1.35 bits per heavy atom. The molecule has 0 radical (unpaired) electrons. The number of azide groups is 1. The normalized spacial score (nSPS) is 31.3. The molecule has 4 rings (SSSR count). The number of hydrogen-bond donors (Lipinski definition) is 0. The first-order valence-corrected chi connectivity index (χ1v) is 10.4. The molecule has 0 aromatic heterocycles. The lowest BCUT2D eigenvalue weighted by molar-refractivity contribution is -0.160. The van der Waals surface area contributed by atoms with Gasteiger partial charge in [-0.3, -0.25) is 9.69 Å². The summed E-state index contributed by atoms with van der Waals surface area (Å²) in [5.41, 5.74) is 8.92. The van der Waals surface area contributed by atoms with E-state index < -0.39 is 23.2 Å². The van der Waals surface area contributed by atoms with E-state index in [-0.39, 0.29) is 30.3 Å². The molecule has 0 spiro atoms. The number of carbonyl (C=O) groups is 2. The van der Waals surface area contributed by atoms with Crippen LogP contribution in [-0.2, 0) is 19.7 Å². The zero-order chi connectivity index (χ0) is 22.4. The average molecular weight is 423 g/mol. The van der Waals surface area contributed by atoms with Crippen LogP contribution in [0.5, 0.6) is 0 Å². The summed E-state index contributed by atoms with van der Waals surface area (Å²) in [7, 11) is 0. The van der Waals surface area contributed by atoms with Gasteiger partial charge in [-0.25, -0.2) is 4.79 Å². The number of benzene rings is 1. The number of esters is 1. The minimum Gasteiger partial charge on any atom is -0.460 e. The lowest BCUT2D eigenvalue weighted by Crippen LogP contribution is -2.29. The molecule has 3 fully saturated rings. The first-order chi connectivity index (χ1) is 14.7. The van der Waals surface area contributed by atoms with Gasteiger partial charge in [0.25, 0.3) is 0 Å². The Balaban J connectivity index is 1.43. The van der Waals surface area contributed by atoms with Crippen LogP contribution in [0.25, 0.3) is 10.4 Å². The number of ether oxygens (including phenoxy) is 2. The summed E-state index contributed by atoms with van der Waals surface area (Å²) in [6, 6.07) is 9.89. The Bertz CT molecular complexity index is 975. The second-order valence-electron chi connectivity index (χ2n) is 9.47. The molecule has 0 N–H and O–H groups in total. The van der Waals surface area contributed by atoms with Gasteiger partial charge in [-0.15, -0.1) is 0 Å². The van der Waals surface area contributed by atoms with Gasteiger partial charge in [0, 0.05) is 10.6 Å². The van der Waals surface area contributed by atoms with Crippen molar-refractivity contribution in [3.8, 4) is 6.07 Å². The van der Waals surface area contributed by atoms with E-state index in [1.54, 1.807) is 0 Å². The Kier molecular flexibility index (Phi) is 5.06. The Morgan fingerprint density at radius 3 is 2.55 bits per heavy atom. The SMILES string of the molecule is CC(C)(C)OC(=O)C1C[C@@H]2[C@H](C1)C2(C#N)c1ccc(N2C[C@H](CN=[N+]=[N-])OC2=O)cc1. The number of fused-ring (bicyclic) bond motifs is 1. The molecule has 1 heterocycles. The van der Waals surface area contributed by atoms with E-state index in [4.69, 9.17) is 15.0 Å². The van der Waals surface area contributed by atoms with Crippen molar-refractivity contribution in [2.24, 2.45) is 22.9 Å². The highest BCUT2D eigenvalue weighted by molar-refractivity contribution is 5.89. The molecule has 1 aromatic rings. The van der Waals surface area contributed by atoms with Crippen molar-refractivity contribution < 1.29 is 19.1 Å². The van der Waals surface area contributed by atoms with Crippen LogP contribution < -0.4 is 4.90 Å². The molecule has 3 aliphatic rings.